The molecule has 0 saturated carbocycles. The third kappa shape index (κ3) is 7.44. The Hall–Kier alpha value is -2.73. The molecule has 2 N–H and O–H groups in total. The van der Waals surface area contributed by atoms with Crippen LogP contribution in [0.4, 0.5) is 10.5 Å². The summed E-state index contributed by atoms with van der Waals surface area (Å²) in [6.07, 6.45) is 0.730. The van der Waals surface area contributed by atoms with Crippen molar-refractivity contribution < 1.29 is 19.0 Å². The fourth-order valence-corrected chi connectivity index (χ4v) is 2.22. The van der Waals surface area contributed by atoms with Crippen LogP contribution in [0.2, 0.25) is 0 Å². The van der Waals surface area contributed by atoms with Crippen LogP contribution in [0.1, 0.15) is 12.0 Å². The summed E-state index contributed by atoms with van der Waals surface area (Å²) in [6.45, 7) is 4.15. The van der Waals surface area contributed by atoms with Crippen molar-refractivity contribution in [2.75, 3.05) is 38.8 Å². The highest BCUT2D eigenvalue weighted by Crippen LogP contribution is 2.15. The summed E-state index contributed by atoms with van der Waals surface area (Å²) in [5, 5.41) is 5.59. The maximum Gasteiger partial charge on any atom is 0.319 e. The Bertz CT molecular complexity index is 674. The molecule has 2 aromatic rings. The van der Waals surface area contributed by atoms with E-state index in [2.05, 4.69) is 10.6 Å². The van der Waals surface area contributed by atoms with Gasteiger partial charge >= 0.3 is 6.03 Å². The molecule has 140 valence electrons. The molecule has 0 fully saturated rings. The van der Waals surface area contributed by atoms with Crippen LogP contribution in [0.25, 0.3) is 0 Å². The van der Waals surface area contributed by atoms with Crippen molar-refractivity contribution in [2.24, 2.45) is 0 Å². The Labute approximate surface area is 154 Å². The van der Waals surface area contributed by atoms with Gasteiger partial charge in [-0.05, 0) is 55.3 Å². The average molecular weight is 358 g/mol. The standard InChI is InChI=1S/C20H26N2O4/c1-16-5-3-6-19(15-16)25-12-4-11-21-20(23)22-17-7-9-18(10-8-17)26-14-13-24-2/h3,5-10,15H,4,11-14H2,1-2H3,(H2,21,22,23). The van der Waals surface area contributed by atoms with Crippen molar-refractivity contribution in [3.05, 3.63) is 54.1 Å². The fraction of sp³-hybridized carbons (Fsp3) is 0.350. The van der Waals surface area contributed by atoms with Gasteiger partial charge in [-0.3, -0.25) is 0 Å². The number of rotatable bonds is 10. The van der Waals surface area contributed by atoms with Crippen LogP contribution < -0.4 is 20.1 Å². The topological polar surface area (TPSA) is 68.8 Å². The molecule has 0 radical (unpaired) electrons. The number of nitrogens with one attached hydrogen (secondary N) is 2. The Morgan fingerprint density at radius 3 is 2.46 bits per heavy atom. The number of anilines is 1. The zero-order valence-electron chi connectivity index (χ0n) is 15.3. The lowest BCUT2D eigenvalue weighted by Crippen LogP contribution is -2.30. The van der Waals surface area contributed by atoms with Gasteiger partial charge in [-0.25, -0.2) is 4.79 Å². The molecule has 0 aliphatic heterocycles. The second-order valence-corrected chi connectivity index (χ2v) is 5.77. The fourth-order valence-electron chi connectivity index (χ4n) is 2.22. The molecule has 0 bridgehead atoms. The van der Waals surface area contributed by atoms with Crippen molar-refractivity contribution in [3.8, 4) is 11.5 Å². The molecule has 0 aromatic heterocycles. The molecule has 26 heavy (non-hydrogen) atoms. The summed E-state index contributed by atoms with van der Waals surface area (Å²) < 4.78 is 16.0. The van der Waals surface area contributed by atoms with E-state index in [1.165, 1.54) is 0 Å². The lowest BCUT2D eigenvalue weighted by Gasteiger charge is -2.10. The lowest BCUT2D eigenvalue weighted by molar-refractivity contribution is 0.146. The van der Waals surface area contributed by atoms with E-state index in [-0.39, 0.29) is 6.03 Å². The minimum Gasteiger partial charge on any atom is -0.494 e. The van der Waals surface area contributed by atoms with E-state index in [1.807, 2.05) is 31.2 Å². The monoisotopic (exact) mass is 358 g/mol. The molecule has 6 nitrogen and oxygen atoms in total. The summed E-state index contributed by atoms with van der Waals surface area (Å²) >= 11 is 0. The van der Waals surface area contributed by atoms with Crippen molar-refractivity contribution >= 4 is 11.7 Å². The zero-order valence-corrected chi connectivity index (χ0v) is 15.3. The van der Waals surface area contributed by atoms with E-state index < -0.39 is 0 Å². The molecule has 0 aliphatic rings. The second-order valence-electron chi connectivity index (χ2n) is 5.77. The Balaban J connectivity index is 1.61. The predicted molar refractivity (Wildman–Crippen MR) is 102 cm³/mol. The van der Waals surface area contributed by atoms with Gasteiger partial charge in [-0.2, -0.15) is 0 Å². The van der Waals surface area contributed by atoms with Crippen LogP contribution in [0.15, 0.2) is 48.5 Å². The highest BCUT2D eigenvalue weighted by molar-refractivity contribution is 5.89. The maximum atomic E-state index is 11.9. The van der Waals surface area contributed by atoms with Gasteiger partial charge in [0.25, 0.3) is 0 Å². The first-order chi connectivity index (χ1) is 12.7. The maximum absolute atomic E-state index is 11.9. The SMILES string of the molecule is COCCOc1ccc(NC(=O)NCCCOc2cccc(C)c2)cc1. The summed E-state index contributed by atoms with van der Waals surface area (Å²) in [7, 11) is 1.63. The molecule has 2 rings (SSSR count). The van der Waals surface area contributed by atoms with Gasteiger partial charge in [-0.1, -0.05) is 12.1 Å². The molecule has 2 aromatic carbocycles. The zero-order chi connectivity index (χ0) is 18.6. The number of carbonyl (C=O) groups excluding carboxylic acids is 1. The largest absolute Gasteiger partial charge is 0.494 e. The van der Waals surface area contributed by atoms with Crippen LogP contribution in [0.5, 0.6) is 11.5 Å². The quantitative estimate of drug-likeness (QED) is 0.637. The van der Waals surface area contributed by atoms with Crippen LogP contribution in [-0.4, -0.2) is 39.5 Å². The molecular formula is C20H26N2O4. The molecule has 0 heterocycles. The molecule has 6 heteroatoms. The first kappa shape index (κ1) is 19.6. The van der Waals surface area contributed by atoms with Crippen LogP contribution in [0, 0.1) is 6.92 Å². The first-order valence-electron chi connectivity index (χ1n) is 8.63. The minimum atomic E-state index is -0.242. The van der Waals surface area contributed by atoms with E-state index in [4.69, 9.17) is 14.2 Å². The minimum absolute atomic E-state index is 0.242. The number of benzene rings is 2. The Kier molecular flexibility index (Phi) is 8.29. The van der Waals surface area contributed by atoms with E-state index >= 15 is 0 Å². The van der Waals surface area contributed by atoms with Gasteiger partial charge in [0.05, 0.1) is 13.2 Å². The summed E-state index contributed by atoms with van der Waals surface area (Å²) in [6, 6.07) is 14.9. The van der Waals surface area contributed by atoms with Gasteiger partial charge in [0, 0.05) is 19.3 Å². The van der Waals surface area contributed by atoms with E-state index in [9.17, 15) is 4.79 Å². The molecule has 0 spiro atoms. The second kappa shape index (κ2) is 11.0. The van der Waals surface area contributed by atoms with Crippen molar-refractivity contribution in [2.45, 2.75) is 13.3 Å². The number of amides is 2. The molecule has 0 atom stereocenters. The Morgan fingerprint density at radius 1 is 0.962 bits per heavy atom. The summed E-state index contributed by atoms with van der Waals surface area (Å²) in [5.41, 5.74) is 1.87. The highest BCUT2D eigenvalue weighted by atomic mass is 16.5. The first-order valence-corrected chi connectivity index (χ1v) is 8.63. The summed E-state index contributed by atoms with van der Waals surface area (Å²) in [4.78, 5) is 11.9. The highest BCUT2D eigenvalue weighted by Gasteiger charge is 2.02. The van der Waals surface area contributed by atoms with E-state index in [0.717, 1.165) is 23.5 Å². The van der Waals surface area contributed by atoms with E-state index in [1.54, 1.807) is 31.4 Å². The number of hydrogen-bond acceptors (Lipinski definition) is 4. The number of carbonyl (C=O) groups is 1. The average Bonchev–Trinajstić information content (AvgIpc) is 2.63. The van der Waals surface area contributed by atoms with Gasteiger partial charge in [0.1, 0.15) is 18.1 Å². The predicted octanol–water partition coefficient (Wildman–Crippen LogP) is 3.61. The van der Waals surface area contributed by atoms with Crippen molar-refractivity contribution in [1.82, 2.24) is 5.32 Å². The molecule has 0 saturated heterocycles. The van der Waals surface area contributed by atoms with Gasteiger partial charge in [-0.15, -0.1) is 0 Å². The number of aryl methyl sites for hydroxylation is 1. The molecule has 0 unspecified atom stereocenters. The van der Waals surface area contributed by atoms with Crippen LogP contribution in [0.3, 0.4) is 0 Å². The molecule has 2 amide bonds. The lowest BCUT2D eigenvalue weighted by atomic mass is 10.2. The van der Waals surface area contributed by atoms with E-state index in [0.29, 0.717) is 32.1 Å². The normalized spacial score (nSPS) is 10.2. The molecule has 0 aliphatic carbocycles. The van der Waals surface area contributed by atoms with Crippen molar-refractivity contribution in [3.63, 3.8) is 0 Å². The van der Waals surface area contributed by atoms with Gasteiger partial charge in [0.15, 0.2) is 0 Å². The molecular weight excluding hydrogens is 332 g/mol. The van der Waals surface area contributed by atoms with Crippen molar-refractivity contribution in [1.29, 1.82) is 0 Å². The third-order valence-corrected chi connectivity index (χ3v) is 3.53. The number of methoxy groups -OCH3 is 1. The number of hydrogen-bond donors (Lipinski definition) is 2. The van der Waals surface area contributed by atoms with Gasteiger partial charge in [0.2, 0.25) is 0 Å². The Morgan fingerprint density at radius 2 is 1.73 bits per heavy atom. The third-order valence-electron chi connectivity index (χ3n) is 3.53. The van der Waals surface area contributed by atoms with Crippen LogP contribution in [-0.2, 0) is 4.74 Å². The number of urea groups is 1. The van der Waals surface area contributed by atoms with Crippen LogP contribution >= 0.6 is 0 Å². The smallest absolute Gasteiger partial charge is 0.319 e. The summed E-state index contributed by atoms with van der Waals surface area (Å²) in [5.74, 6) is 1.59. The number of ether oxygens (including phenoxy) is 3. The van der Waals surface area contributed by atoms with Gasteiger partial charge < -0.3 is 24.8 Å².